The summed E-state index contributed by atoms with van der Waals surface area (Å²) in [5, 5.41) is 0. The quantitative estimate of drug-likeness (QED) is 0.0481. The van der Waals surface area contributed by atoms with Crippen molar-refractivity contribution in [2.24, 2.45) is 0 Å². The van der Waals surface area contributed by atoms with E-state index in [1.165, 1.54) is 6.92 Å². The van der Waals surface area contributed by atoms with Gasteiger partial charge in [0.25, 0.3) is 0 Å². The van der Waals surface area contributed by atoms with Crippen LogP contribution in [0, 0.1) is 0 Å². The highest BCUT2D eigenvalue weighted by Crippen LogP contribution is 2.37. The molecule has 0 aliphatic carbocycles. The molecule has 0 aromatic heterocycles. The lowest BCUT2D eigenvalue weighted by atomic mass is 9.95. The molecule has 2 heterocycles. The van der Waals surface area contributed by atoms with Crippen molar-refractivity contribution in [3.05, 3.63) is 251 Å². The van der Waals surface area contributed by atoms with E-state index in [0.717, 1.165) is 38.9 Å². The number of hydrogen-bond acceptors (Lipinski definition) is 12. The normalized spacial score (nSPS) is 23.6. The third-order valence-corrected chi connectivity index (χ3v) is 13.0. The molecule has 10 atom stereocenters. The van der Waals surface area contributed by atoms with E-state index < -0.39 is 67.4 Å². The predicted octanol–water partition coefficient (Wildman–Crippen LogP) is 10.7. The Labute approximate surface area is 440 Å². The monoisotopic (exact) mass is 1010 g/mol. The summed E-state index contributed by atoms with van der Waals surface area (Å²) in [5.41, 5.74) is 6.63. The first-order valence-electron chi connectivity index (χ1n) is 25.7. The zero-order chi connectivity index (χ0) is 51.3. The zero-order valence-electron chi connectivity index (χ0n) is 42.2. The number of esters is 1. The number of rotatable bonds is 26. The van der Waals surface area contributed by atoms with Crippen molar-refractivity contribution < 1.29 is 56.9 Å². The number of carbonyl (C=O) groups excluding carboxylic acids is 1. The summed E-state index contributed by atoms with van der Waals surface area (Å²) in [7, 11) is 0. The predicted molar refractivity (Wildman–Crippen MR) is 281 cm³/mol. The van der Waals surface area contributed by atoms with E-state index in [4.69, 9.17) is 52.1 Å². The average molecular weight is 1020 g/mol. The van der Waals surface area contributed by atoms with Crippen LogP contribution in [0.3, 0.4) is 0 Å². The van der Waals surface area contributed by atoms with Gasteiger partial charge in [-0.05, 0) is 38.9 Å². The third kappa shape index (κ3) is 16.1. The van der Waals surface area contributed by atoms with Gasteiger partial charge in [0.1, 0.15) is 42.7 Å². The van der Waals surface area contributed by atoms with Crippen LogP contribution in [0.4, 0.5) is 0 Å². The van der Waals surface area contributed by atoms with Gasteiger partial charge in [0.15, 0.2) is 18.7 Å². The van der Waals surface area contributed by atoms with Crippen molar-refractivity contribution in [2.75, 3.05) is 13.2 Å². The maximum absolute atomic E-state index is 13.3. The van der Waals surface area contributed by atoms with E-state index >= 15 is 0 Å². The minimum Gasteiger partial charge on any atom is -0.454 e. The molecule has 2 fully saturated rings. The Balaban J connectivity index is 1.12. The van der Waals surface area contributed by atoms with Crippen molar-refractivity contribution >= 4 is 5.97 Å². The van der Waals surface area contributed by atoms with Crippen molar-refractivity contribution in [3.63, 3.8) is 0 Å². The summed E-state index contributed by atoms with van der Waals surface area (Å²) in [4.78, 5) is 13.3. The standard InChI is InChI=1S/C63H66O12/c1-46(64)72-61-59(69-41-51-31-17-6-18-32-51)57(55(45-66-38-48-25-11-3-12-26-48)73-62(61)71-43-53-35-21-8-22-36-53)75-63-60(70-42-52-33-19-7-20-34-52)58(68-40-50-29-15-5-16-30-50)56(67-39-49-27-13-4-14-28-49)54(74-63)44-65-37-47-23-9-2-10-24-47/h2-36,54-63H,37-45H2,1H3/t54-,55?,56-,57?,58+,59?,60-,61?,62?,63+/m1/s1. The van der Waals surface area contributed by atoms with Crippen molar-refractivity contribution in [2.45, 2.75) is 115 Å². The van der Waals surface area contributed by atoms with Gasteiger partial charge in [0.05, 0.1) is 59.5 Å². The number of benzene rings is 7. The minimum absolute atomic E-state index is 0.0331. The minimum atomic E-state index is -1.18. The number of ether oxygens (including phenoxy) is 11. The second-order valence-corrected chi connectivity index (χ2v) is 18.6. The van der Waals surface area contributed by atoms with Crippen LogP contribution in [0.2, 0.25) is 0 Å². The van der Waals surface area contributed by atoms with Crippen LogP contribution in [0.5, 0.6) is 0 Å². The molecule has 12 heteroatoms. The van der Waals surface area contributed by atoms with Gasteiger partial charge in [-0.15, -0.1) is 0 Å². The Hall–Kier alpha value is -6.39. The summed E-state index contributed by atoms with van der Waals surface area (Å²) >= 11 is 0. The van der Waals surface area contributed by atoms with E-state index in [2.05, 4.69) is 0 Å². The molecule has 2 aliphatic heterocycles. The molecule has 0 amide bonds. The fraction of sp³-hybridized carbons (Fsp3) is 0.317. The molecule has 0 radical (unpaired) electrons. The molecule has 7 aromatic rings. The summed E-state index contributed by atoms with van der Waals surface area (Å²) in [6, 6.07) is 69.3. The Bertz CT molecular complexity index is 2670. The van der Waals surface area contributed by atoms with Crippen LogP contribution in [-0.2, 0) is 103 Å². The molecule has 9 rings (SSSR count). The summed E-state index contributed by atoms with van der Waals surface area (Å²) in [5.74, 6) is -0.552. The second-order valence-electron chi connectivity index (χ2n) is 18.6. The third-order valence-electron chi connectivity index (χ3n) is 13.0. The SMILES string of the molecule is CC(=O)OC1C(OCc2ccccc2)OC(COCc2ccccc2)C(O[C@@H]2O[C@H](COCc3ccccc3)[C@@H](OCc3ccccc3)[C@H](OCc3ccccc3)[C@H]2OCc2ccccc2)C1OCc1ccccc1. The molecule has 390 valence electrons. The highest BCUT2D eigenvalue weighted by molar-refractivity contribution is 5.66. The van der Waals surface area contributed by atoms with Gasteiger partial charge in [0.2, 0.25) is 0 Å². The van der Waals surface area contributed by atoms with E-state index in [1.54, 1.807) is 0 Å². The topological polar surface area (TPSA) is 119 Å². The van der Waals surface area contributed by atoms with E-state index in [0.29, 0.717) is 6.61 Å². The second kappa shape index (κ2) is 28.5. The molecule has 0 saturated carbocycles. The molecule has 7 aromatic carbocycles. The van der Waals surface area contributed by atoms with E-state index in [9.17, 15) is 4.79 Å². The van der Waals surface area contributed by atoms with Crippen LogP contribution in [0.1, 0.15) is 45.9 Å². The Kier molecular flexibility index (Phi) is 20.3. The molecule has 0 spiro atoms. The van der Waals surface area contributed by atoms with Crippen molar-refractivity contribution in [1.29, 1.82) is 0 Å². The average Bonchev–Trinajstić information content (AvgIpc) is 3.45. The zero-order valence-corrected chi connectivity index (χ0v) is 42.2. The molecule has 5 unspecified atom stereocenters. The Morgan fingerprint density at radius 2 is 0.627 bits per heavy atom. The fourth-order valence-corrected chi connectivity index (χ4v) is 9.22. The van der Waals surface area contributed by atoms with Gasteiger partial charge in [-0.3, -0.25) is 4.79 Å². The first kappa shape index (κ1) is 53.4. The molecular weight excluding hydrogens is 949 g/mol. The lowest BCUT2D eigenvalue weighted by molar-refractivity contribution is -0.375. The van der Waals surface area contributed by atoms with Crippen LogP contribution >= 0.6 is 0 Å². The molecule has 12 nitrogen and oxygen atoms in total. The lowest BCUT2D eigenvalue weighted by Gasteiger charge is -2.50. The molecule has 0 bridgehead atoms. The maximum atomic E-state index is 13.3. The van der Waals surface area contributed by atoms with Crippen LogP contribution in [0.25, 0.3) is 0 Å². The van der Waals surface area contributed by atoms with E-state index in [-0.39, 0.29) is 52.9 Å². The maximum Gasteiger partial charge on any atom is 0.303 e. The van der Waals surface area contributed by atoms with Crippen molar-refractivity contribution in [3.8, 4) is 0 Å². The lowest BCUT2D eigenvalue weighted by Crippen LogP contribution is -2.66. The summed E-state index contributed by atoms with van der Waals surface area (Å²) in [6.07, 6.45) is -9.51. The highest BCUT2D eigenvalue weighted by Gasteiger charge is 2.55. The molecular formula is C63H66O12. The number of carbonyl (C=O) groups is 1. The molecule has 2 aliphatic rings. The molecule has 2 saturated heterocycles. The largest absolute Gasteiger partial charge is 0.454 e. The first-order valence-corrected chi connectivity index (χ1v) is 25.7. The smallest absolute Gasteiger partial charge is 0.303 e. The van der Waals surface area contributed by atoms with Gasteiger partial charge in [-0.1, -0.05) is 212 Å². The highest BCUT2D eigenvalue weighted by atomic mass is 16.8. The van der Waals surface area contributed by atoms with Gasteiger partial charge in [0, 0.05) is 6.92 Å². The van der Waals surface area contributed by atoms with Crippen LogP contribution < -0.4 is 0 Å². The van der Waals surface area contributed by atoms with Crippen molar-refractivity contribution in [1.82, 2.24) is 0 Å². The van der Waals surface area contributed by atoms with Gasteiger partial charge < -0.3 is 52.1 Å². The molecule has 75 heavy (non-hydrogen) atoms. The van der Waals surface area contributed by atoms with E-state index in [1.807, 2.05) is 212 Å². The molecule has 0 N–H and O–H groups in total. The fourth-order valence-electron chi connectivity index (χ4n) is 9.22. The van der Waals surface area contributed by atoms with Crippen LogP contribution in [0.15, 0.2) is 212 Å². The van der Waals surface area contributed by atoms with Gasteiger partial charge in [-0.25, -0.2) is 0 Å². The Morgan fingerprint density at radius 3 is 1.00 bits per heavy atom. The Morgan fingerprint density at radius 1 is 0.333 bits per heavy atom. The van der Waals surface area contributed by atoms with Gasteiger partial charge >= 0.3 is 5.97 Å². The van der Waals surface area contributed by atoms with Gasteiger partial charge in [-0.2, -0.15) is 0 Å². The first-order chi connectivity index (χ1) is 37.0. The summed E-state index contributed by atoms with van der Waals surface area (Å²) in [6.45, 7) is 3.07. The summed E-state index contributed by atoms with van der Waals surface area (Å²) < 4.78 is 75.5. The number of hydrogen-bond donors (Lipinski definition) is 0. The van der Waals surface area contributed by atoms with Crippen LogP contribution in [-0.4, -0.2) is 80.6 Å².